The maximum atomic E-state index is 12.4. The molecule has 0 aromatic carbocycles. The first-order valence-corrected chi connectivity index (χ1v) is 6.56. The summed E-state index contributed by atoms with van der Waals surface area (Å²) in [5.41, 5.74) is -0.0591. The van der Waals surface area contributed by atoms with Crippen molar-refractivity contribution in [2.24, 2.45) is 0 Å². The molecular formula is C13H16F3N3. The van der Waals surface area contributed by atoms with Gasteiger partial charge in [-0.05, 0) is 31.4 Å². The number of hydrogen-bond acceptors (Lipinski definition) is 3. The van der Waals surface area contributed by atoms with Crippen LogP contribution in [0.15, 0.2) is 18.3 Å². The average Bonchev–Trinajstić information content (AvgIpc) is 3.04. The van der Waals surface area contributed by atoms with Gasteiger partial charge < -0.3 is 10.2 Å². The van der Waals surface area contributed by atoms with Gasteiger partial charge in [-0.1, -0.05) is 0 Å². The van der Waals surface area contributed by atoms with Gasteiger partial charge in [0.2, 0.25) is 0 Å². The van der Waals surface area contributed by atoms with Gasteiger partial charge in [0.25, 0.3) is 0 Å². The van der Waals surface area contributed by atoms with Gasteiger partial charge in [0.05, 0.1) is 11.9 Å². The van der Waals surface area contributed by atoms with Crippen LogP contribution in [0.2, 0.25) is 0 Å². The van der Waals surface area contributed by atoms with Crippen molar-refractivity contribution in [2.75, 3.05) is 18.0 Å². The SMILES string of the molecule is FC(F)(F)c1ccc(N2CCC(NC3CC3)C2)cn1. The van der Waals surface area contributed by atoms with Crippen molar-refractivity contribution in [1.29, 1.82) is 0 Å². The van der Waals surface area contributed by atoms with Gasteiger partial charge >= 0.3 is 6.18 Å². The first-order chi connectivity index (χ1) is 9.02. The molecule has 0 spiro atoms. The second kappa shape index (κ2) is 4.67. The van der Waals surface area contributed by atoms with E-state index in [0.717, 1.165) is 31.3 Å². The number of nitrogens with one attached hydrogen (secondary N) is 1. The van der Waals surface area contributed by atoms with E-state index in [2.05, 4.69) is 15.2 Å². The molecule has 3 nitrogen and oxygen atoms in total. The lowest BCUT2D eigenvalue weighted by Gasteiger charge is -2.19. The Labute approximate surface area is 109 Å². The van der Waals surface area contributed by atoms with Crippen LogP contribution in [0.3, 0.4) is 0 Å². The zero-order valence-electron chi connectivity index (χ0n) is 10.5. The molecule has 1 unspecified atom stereocenters. The van der Waals surface area contributed by atoms with Crippen LogP contribution in [-0.4, -0.2) is 30.2 Å². The third-order valence-electron chi connectivity index (χ3n) is 3.64. The molecule has 1 aliphatic carbocycles. The van der Waals surface area contributed by atoms with E-state index in [9.17, 15) is 13.2 Å². The normalized spacial score (nSPS) is 23.9. The highest BCUT2D eigenvalue weighted by atomic mass is 19.4. The van der Waals surface area contributed by atoms with E-state index >= 15 is 0 Å². The van der Waals surface area contributed by atoms with Crippen LogP contribution >= 0.6 is 0 Å². The zero-order valence-corrected chi connectivity index (χ0v) is 10.5. The molecule has 1 atom stereocenters. The van der Waals surface area contributed by atoms with Crippen molar-refractivity contribution >= 4 is 5.69 Å². The van der Waals surface area contributed by atoms with Crippen LogP contribution in [0.5, 0.6) is 0 Å². The summed E-state index contributed by atoms with van der Waals surface area (Å²) in [6, 6.07) is 3.68. The Morgan fingerprint density at radius 2 is 1.95 bits per heavy atom. The molecule has 104 valence electrons. The number of pyridine rings is 1. The highest BCUT2D eigenvalue weighted by Crippen LogP contribution is 2.29. The average molecular weight is 271 g/mol. The van der Waals surface area contributed by atoms with Gasteiger partial charge in [-0.25, -0.2) is 4.98 Å². The molecule has 19 heavy (non-hydrogen) atoms. The summed E-state index contributed by atoms with van der Waals surface area (Å²) in [6.45, 7) is 1.72. The van der Waals surface area contributed by atoms with Gasteiger partial charge in [-0.3, -0.25) is 0 Å². The van der Waals surface area contributed by atoms with Crippen molar-refractivity contribution in [3.63, 3.8) is 0 Å². The summed E-state index contributed by atoms with van der Waals surface area (Å²) in [4.78, 5) is 5.60. The van der Waals surface area contributed by atoms with Crippen LogP contribution in [-0.2, 0) is 6.18 Å². The molecule has 1 aliphatic heterocycles. The third kappa shape index (κ3) is 3.00. The van der Waals surface area contributed by atoms with Crippen molar-refractivity contribution in [3.05, 3.63) is 24.0 Å². The Hall–Kier alpha value is -1.30. The smallest absolute Gasteiger partial charge is 0.369 e. The molecule has 6 heteroatoms. The number of nitrogens with zero attached hydrogens (tertiary/aromatic N) is 2. The van der Waals surface area contributed by atoms with E-state index in [0.29, 0.717) is 12.1 Å². The topological polar surface area (TPSA) is 28.2 Å². The van der Waals surface area contributed by atoms with Crippen molar-refractivity contribution in [1.82, 2.24) is 10.3 Å². The van der Waals surface area contributed by atoms with Crippen molar-refractivity contribution in [2.45, 2.75) is 37.5 Å². The van der Waals surface area contributed by atoms with Crippen LogP contribution in [0.1, 0.15) is 25.0 Å². The molecule has 1 aromatic rings. The lowest BCUT2D eigenvalue weighted by atomic mass is 10.2. The quantitative estimate of drug-likeness (QED) is 0.915. The van der Waals surface area contributed by atoms with Crippen LogP contribution in [0.4, 0.5) is 18.9 Å². The molecular weight excluding hydrogens is 255 g/mol. The van der Waals surface area contributed by atoms with Gasteiger partial charge in [0, 0.05) is 25.2 Å². The Kier molecular flexibility index (Phi) is 3.12. The lowest BCUT2D eigenvalue weighted by molar-refractivity contribution is -0.141. The maximum absolute atomic E-state index is 12.4. The minimum Gasteiger partial charge on any atom is -0.369 e. The number of hydrogen-bond donors (Lipinski definition) is 1. The fourth-order valence-electron chi connectivity index (χ4n) is 2.45. The molecule has 1 aromatic heterocycles. The predicted molar refractivity (Wildman–Crippen MR) is 66.0 cm³/mol. The van der Waals surface area contributed by atoms with E-state index < -0.39 is 11.9 Å². The Morgan fingerprint density at radius 3 is 2.53 bits per heavy atom. The van der Waals surface area contributed by atoms with E-state index in [4.69, 9.17) is 0 Å². The maximum Gasteiger partial charge on any atom is 0.433 e. The molecule has 3 rings (SSSR count). The highest BCUT2D eigenvalue weighted by Gasteiger charge is 2.33. The van der Waals surface area contributed by atoms with Gasteiger partial charge in [0.1, 0.15) is 5.69 Å². The van der Waals surface area contributed by atoms with E-state index in [-0.39, 0.29) is 0 Å². The fraction of sp³-hybridized carbons (Fsp3) is 0.615. The van der Waals surface area contributed by atoms with Crippen molar-refractivity contribution in [3.8, 4) is 0 Å². The van der Waals surface area contributed by atoms with E-state index in [1.54, 1.807) is 0 Å². The predicted octanol–water partition coefficient (Wildman–Crippen LogP) is 2.43. The number of alkyl halides is 3. The molecule has 2 aliphatic rings. The minimum absolute atomic E-state index is 0.454. The zero-order chi connectivity index (χ0) is 13.5. The van der Waals surface area contributed by atoms with Gasteiger partial charge in [-0.15, -0.1) is 0 Å². The highest BCUT2D eigenvalue weighted by molar-refractivity contribution is 5.46. The van der Waals surface area contributed by atoms with E-state index in [1.165, 1.54) is 25.1 Å². The first-order valence-electron chi connectivity index (χ1n) is 6.56. The minimum atomic E-state index is -4.36. The Morgan fingerprint density at radius 1 is 1.16 bits per heavy atom. The first kappa shape index (κ1) is 12.7. The second-order valence-electron chi connectivity index (χ2n) is 5.27. The molecule has 0 radical (unpaired) electrons. The van der Waals surface area contributed by atoms with E-state index in [1.807, 2.05) is 0 Å². The molecule has 1 saturated carbocycles. The Bertz CT molecular complexity index is 439. The number of aromatic nitrogens is 1. The number of halogens is 3. The molecule has 2 heterocycles. The van der Waals surface area contributed by atoms with Crippen LogP contribution in [0, 0.1) is 0 Å². The summed E-state index contributed by atoms with van der Waals surface area (Å²) in [7, 11) is 0. The summed E-state index contributed by atoms with van der Waals surface area (Å²) in [6.07, 6.45) is 0.496. The standard InChI is InChI=1S/C13H16F3N3/c14-13(15,16)12-4-3-11(7-17-12)19-6-5-10(8-19)18-9-1-2-9/h3-4,7,9-10,18H,1-2,5-6,8H2. The molecule has 1 saturated heterocycles. The second-order valence-corrected chi connectivity index (χ2v) is 5.27. The molecule has 1 N–H and O–H groups in total. The third-order valence-corrected chi connectivity index (χ3v) is 3.64. The van der Waals surface area contributed by atoms with Crippen molar-refractivity contribution < 1.29 is 13.2 Å². The number of rotatable bonds is 3. The molecule has 0 bridgehead atoms. The number of anilines is 1. The largest absolute Gasteiger partial charge is 0.433 e. The molecule has 0 amide bonds. The summed E-state index contributed by atoms with van der Waals surface area (Å²) in [5.74, 6) is 0. The fourth-order valence-corrected chi connectivity index (χ4v) is 2.45. The summed E-state index contributed by atoms with van der Waals surface area (Å²) < 4.78 is 37.3. The monoisotopic (exact) mass is 271 g/mol. The Balaban J connectivity index is 1.63. The van der Waals surface area contributed by atoms with Crippen LogP contribution < -0.4 is 10.2 Å². The molecule has 2 fully saturated rings. The summed E-state index contributed by atoms with van der Waals surface area (Å²) >= 11 is 0. The van der Waals surface area contributed by atoms with Gasteiger partial charge in [-0.2, -0.15) is 13.2 Å². The van der Waals surface area contributed by atoms with Gasteiger partial charge in [0.15, 0.2) is 0 Å². The summed E-state index contributed by atoms with van der Waals surface area (Å²) in [5, 5.41) is 3.55. The lowest BCUT2D eigenvalue weighted by Crippen LogP contribution is -2.33. The van der Waals surface area contributed by atoms with Crippen LogP contribution in [0.25, 0.3) is 0 Å².